The van der Waals surface area contributed by atoms with Crippen LogP contribution in [-0.4, -0.2) is 65.5 Å². The van der Waals surface area contributed by atoms with Gasteiger partial charge in [-0.25, -0.2) is 15.0 Å². The highest BCUT2D eigenvalue weighted by atomic mass is 32.2. The molecule has 152 valence electrons. The van der Waals surface area contributed by atoms with E-state index in [0.29, 0.717) is 22.7 Å². The van der Waals surface area contributed by atoms with E-state index in [2.05, 4.69) is 21.0 Å². The van der Waals surface area contributed by atoms with Gasteiger partial charge in [0.2, 0.25) is 0 Å². The third kappa shape index (κ3) is 4.37. The smallest absolute Gasteiger partial charge is 0.191 e. The van der Waals surface area contributed by atoms with Crippen molar-refractivity contribution >= 4 is 28.7 Å². The first kappa shape index (κ1) is 20.8. The van der Waals surface area contributed by atoms with E-state index in [1.165, 1.54) is 22.7 Å². The summed E-state index contributed by atoms with van der Waals surface area (Å²) in [6.45, 7) is -0.409. The van der Waals surface area contributed by atoms with Gasteiger partial charge in [-0.3, -0.25) is 4.57 Å². The molecular formula is C17H24N6O4S. The Hall–Kier alpha value is -1.97. The fourth-order valence-corrected chi connectivity index (χ4v) is 3.95. The lowest BCUT2D eigenvalue weighted by molar-refractivity contribution is -0.0511. The molecule has 1 aliphatic rings. The Morgan fingerprint density at radius 3 is 2.71 bits per heavy atom. The molecule has 4 atom stereocenters. The van der Waals surface area contributed by atoms with Gasteiger partial charge in [0.25, 0.3) is 0 Å². The Labute approximate surface area is 166 Å². The quantitative estimate of drug-likeness (QED) is 0.262. The van der Waals surface area contributed by atoms with Crippen LogP contribution in [0.5, 0.6) is 0 Å². The Morgan fingerprint density at radius 2 is 2.00 bits per heavy atom. The minimum absolute atomic E-state index is 0.229. The second-order valence-corrected chi connectivity index (χ2v) is 7.68. The number of nitriles is 1. The molecule has 2 unspecified atom stereocenters. The average molecular weight is 408 g/mol. The molecule has 2 aromatic heterocycles. The molecule has 0 aliphatic carbocycles. The predicted octanol–water partition coefficient (Wildman–Crippen LogP) is 0.586. The van der Waals surface area contributed by atoms with E-state index < -0.39 is 31.1 Å². The number of hydrogen-bond donors (Lipinski definition) is 4. The SMILES string of the molecule is N#CCCCCCCSc1nc(N)c2ncn([C@@H]3O[C@H](CO)C(O)C3O)c2n1. The fraction of sp³-hybridized carbons (Fsp3) is 0.647. The summed E-state index contributed by atoms with van der Waals surface area (Å²) in [6.07, 6.45) is 1.73. The molecule has 0 amide bonds. The lowest BCUT2D eigenvalue weighted by atomic mass is 10.1. The minimum Gasteiger partial charge on any atom is -0.394 e. The van der Waals surface area contributed by atoms with Crippen LogP contribution in [-0.2, 0) is 4.74 Å². The summed E-state index contributed by atoms with van der Waals surface area (Å²) in [4.78, 5) is 13.0. The van der Waals surface area contributed by atoms with Gasteiger partial charge in [-0.2, -0.15) is 5.26 Å². The van der Waals surface area contributed by atoms with Crippen molar-refractivity contribution in [3.8, 4) is 6.07 Å². The summed E-state index contributed by atoms with van der Waals surface area (Å²) in [5, 5.41) is 38.5. The van der Waals surface area contributed by atoms with E-state index in [1.54, 1.807) is 0 Å². The van der Waals surface area contributed by atoms with E-state index in [1.807, 2.05) is 0 Å². The van der Waals surface area contributed by atoms with Crippen LogP contribution in [0.1, 0.15) is 38.3 Å². The number of rotatable bonds is 9. The van der Waals surface area contributed by atoms with Gasteiger partial charge in [0.05, 0.1) is 19.0 Å². The van der Waals surface area contributed by atoms with Gasteiger partial charge >= 0.3 is 0 Å². The van der Waals surface area contributed by atoms with Crippen LogP contribution in [0, 0.1) is 11.3 Å². The summed E-state index contributed by atoms with van der Waals surface area (Å²) < 4.78 is 7.06. The number of nitrogens with two attached hydrogens (primary N) is 1. The topological polar surface area (TPSA) is 163 Å². The van der Waals surface area contributed by atoms with Gasteiger partial charge in [0, 0.05) is 12.2 Å². The number of aliphatic hydroxyl groups excluding tert-OH is 3. The lowest BCUT2D eigenvalue weighted by Gasteiger charge is -2.16. The zero-order valence-electron chi connectivity index (χ0n) is 15.3. The molecular weight excluding hydrogens is 384 g/mol. The van der Waals surface area contributed by atoms with Crippen molar-refractivity contribution in [1.82, 2.24) is 19.5 Å². The largest absolute Gasteiger partial charge is 0.394 e. The Kier molecular flexibility index (Phi) is 7.03. The molecule has 0 radical (unpaired) electrons. The maximum atomic E-state index is 10.3. The molecule has 0 bridgehead atoms. The van der Waals surface area contributed by atoms with Gasteiger partial charge in [-0.1, -0.05) is 24.6 Å². The van der Waals surface area contributed by atoms with Crippen LogP contribution in [0.15, 0.2) is 11.5 Å². The van der Waals surface area contributed by atoms with Crippen molar-refractivity contribution in [3.05, 3.63) is 6.33 Å². The van der Waals surface area contributed by atoms with Crippen LogP contribution < -0.4 is 5.73 Å². The number of unbranched alkanes of at least 4 members (excludes halogenated alkanes) is 4. The monoisotopic (exact) mass is 408 g/mol. The molecule has 1 aliphatic heterocycles. The average Bonchev–Trinajstić information content (AvgIpc) is 3.23. The number of ether oxygens (including phenoxy) is 1. The van der Waals surface area contributed by atoms with Gasteiger partial charge in [0.1, 0.15) is 23.8 Å². The van der Waals surface area contributed by atoms with E-state index in [0.717, 1.165) is 31.4 Å². The molecule has 3 heterocycles. The number of aromatic nitrogens is 4. The first-order valence-electron chi connectivity index (χ1n) is 9.19. The van der Waals surface area contributed by atoms with E-state index in [4.69, 9.17) is 15.7 Å². The summed E-state index contributed by atoms with van der Waals surface area (Å²) in [6, 6.07) is 2.14. The van der Waals surface area contributed by atoms with Crippen LogP contribution in [0.4, 0.5) is 5.82 Å². The number of aliphatic hydroxyl groups is 3. The van der Waals surface area contributed by atoms with Crippen LogP contribution in [0.3, 0.4) is 0 Å². The number of thioether (sulfide) groups is 1. The Balaban J connectivity index is 1.70. The molecule has 10 nitrogen and oxygen atoms in total. The zero-order chi connectivity index (χ0) is 20.1. The summed E-state index contributed by atoms with van der Waals surface area (Å²) in [5.74, 6) is 1.05. The van der Waals surface area contributed by atoms with Crippen molar-refractivity contribution in [2.75, 3.05) is 18.1 Å². The van der Waals surface area contributed by atoms with Crippen molar-refractivity contribution in [2.24, 2.45) is 0 Å². The summed E-state index contributed by atoms with van der Waals surface area (Å²) >= 11 is 1.47. The molecule has 0 aromatic carbocycles. The maximum absolute atomic E-state index is 10.3. The molecule has 1 fully saturated rings. The first-order valence-corrected chi connectivity index (χ1v) is 10.2. The maximum Gasteiger partial charge on any atom is 0.191 e. The molecule has 11 heteroatoms. The van der Waals surface area contributed by atoms with Gasteiger partial charge in [-0.05, 0) is 12.8 Å². The van der Waals surface area contributed by atoms with Crippen LogP contribution in [0.25, 0.3) is 11.2 Å². The van der Waals surface area contributed by atoms with Crippen molar-refractivity contribution in [2.45, 2.75) is 61.8 Å². The van der Waals surface area contributed by atoms with Crippen LogP contribution in [0.2, 0.25) is 0 Å². The number of hydrogen-bond acceptors (Lipinski definition) is 10. The standard InChI is InChI=1S/C17H24N6O4S/c18-6-4-2-1-3-5-7-28-17-21-14(19)11-15(22-17)23(9-20-11)16-13(26)12(25)10(8-24)27-16/h9-10,12-13,16,24-26H,1-5,7-8H2,(H2,19,21,22)/t10-,12?,13?,16-/m1/s1. The van der Waals surface area contributed by atoms with Gasteiger partial charge in [0.15, 0.2) is 22.8 Å². The summed E-state index contributed by atoms with van der Waals surface area (Å²) in [5.41, 5.74) is 6.80. The molecule has 5 N–H and O–H groups in total. The number of nitrogens with zero attached hydrogens (tertiary/aromatic N) is 5. The fourth-order valence-electron chi connectivity index (χ4n) is 3.10. The number of nitrogen functional groups attached to an aromatic ring is 1. The second-order valence-electron chi connectivity index (χ2n) is 6.62. The van der Waals surface area contributed by atoms with Gasteiger partial charge < -0.3 is 25.8 Å². The normalized spacial score (nSPS) is 24.6. The van der Waals surface area contributed by atoms with Crippen molar-refractivity contribution in [1.29, 1.82) is 5.26 Å². The van der Waals surface area contributed by atoms with E-state index in [9.17, 15) is 15.3 Å². The highest BCUT2D eigenvalue weighted by Crippen LogP contribution is 2.32. The third-order valence-corrected chi connectivity index (χ3v) is 5.57. The first-order chi connectivity index (χ1) is 13.6. The number of imidazole rings is 1. The van der Waals surface area contributed by atoms with Crippen molar-refractivity contribution < 1.29 is 20.1 Å². The molecule has 3 rings (SSSR count). The van der Waals surface area contributed by atoms with Crippen molar-refractivity contribution in [3.63, 3.8) is 0 Å². The number of fused-ring (bicyclic) bond motifs is 1. The van der Waals surface area contributed by atoms with E-state index >= 15 is 0 Å². The molecule has 0 spiro atoms. The van der Waals surface area contributed by atoms with Gasteiger partial charge in [-0.15, -0.1) is 0 Å². The molecule has 0 saturated carbocycles. The summed E-state index contributed by atoms with van der Waals surface area (Å²) in [7, 11) is 0. The Bertz CT molecular complexity index is 841. The number of anilines is 1. The molecule has 1 saturated heterocycles. The minimum atomic E-state index is -1.23. The highest BCUT2D eigenvalue weighted by Gasteiger charge is 2.44. The molecule has 2 aromatic rings. The third-order valence-electron chi connectivity index (χ3n) is 4.63. The highest BCUT2D eigenvalue weighted by molar-refractivity contribution is 7.99. The van der Waals surface area contributed by atoms with Crippen LogP contribution >= 0.6 is 11.8 Å². The Morgan fingerprint density at radius 1 is 1.21 bits per heavy atom. The lowest BCUT2D eigenvalue weighted by Crippen LogP contribution is -2.33. The zero-order valence-corrected chi connectivity index (χ0v) is 16.1. The second kappa shape index (κ2) is 9.49. The predicted molar refractivity (Wildman–Crippen MR) is 102 cm³/mol. The molecule has 28 heavy (non-hydrogen) atoms. The van der Waals surface area contributed by atoms with E-state index in [-0.39, 0.29) is 5.82 Å².